The molecule has 0 amide bonds. The summed E-state index contributed by atoms with van der Waals surface area (Å²) in [4.78, 5) is 9.45. The molecule has 2 atom stereocenters. The molecule has 0 aromatic carbocycles. The zero-order valence-electron chi connectivity index (χ0n) is 20.9. The highest BCUT2D eigenvalue weighted by molar-refractivity contribution is 6.36. The zero-order chi connectivity index (χ0) is 24.6. The van der Waals surface area contributed by atoms with Gasteiger partial charge in [-0.05, 0) is 81.9 Å². The van der Waals surface area contributed by atoms with E-state index in [1.165, 1.54) is 32.1 Å². The van der Waals surface area contributed by atoms with Crippen molar-refractivity contribution < 1.29 is 9.47 Å². The minimum Gasteiger partial charge on any atom is -0.383 e. The Hall–Kier alpha value is -1.44. The zero-order valence-corrected chi connectivity index (χ0v) is 22.4. The molecule has 0 unspecified atom stereocenters. The topological polar surface area (TPSA) is 68.3 Å². The van der Waals surface area contributed by atoms with E-state index in [0.29, 0.717) is 39.7 Å². The summed E-state index contributed by atoms with van der Waals surface area (Å²) < 4.78 is 10.8. The number of methoxy groups -OCH3 is 1. The Morgan fingerprint density at radius 1 is 1.11 bits per heavy atom. The third-order valence-corrected chi connectivity index (χ3v) is 7.73. The summed E-state index contributed by atoms with van der Waals surface area (Å²) >= 11 is 13.1. The van der Waals surface area contributed by atoms with Gasteiger partial charge in [-0.1, -0.05) is 30.6 Å². The lowest BCUT2D eigenvalue weighted by Gasteiger charge is -2.31. The molecule has 2 fully saturated rings. The highest BCUT2D eigenvalue weighted by Crippen LogP contribution is 2.34. The summed E-state index contributed by atoms with van der Waals surface area (Å²) in [6.45, 7) is 5.44. The molecule has 36 heavy (non-hydrogen) atoms. The van der Waals surface area contributed by atoms with Crippen molar-refractivity contribution in [2.24, 2.45) is 11.8 Å². The minimum atomic E-state index is 0. The van der Waals surface area contributed by atoms with Gasteiger partial charge in [-0.3, -0.25) is 4.98 Å². The number of rotatable bonds is 10. The molecular weight excluding hydrogens is 495 g/mol. The van der Waals surface area contributed by atoms with E-state index >= 15 is 0 Å². The van der Waals surface area contributed by atoms with Crippen molar-refractivity contribution in [3.63, 3.8) is 0 Å². The van der Waals surface area contributed by atoms with Gasteiger partial charge in [0.15, 0.2) is 0 Å². The van der Waals surface area contributed by atoms with Crippen LogP contribution < -0.4 is 10.6 Å². The normalized spacial score (nSPS) is 23.1. The van der Waals surface area contributed by atoms with E-state index in [0.717, 1.165) is 56.3 Å². The van der Waals surface area contributed by atoms with E-state index in [1.54, 1.807) is 13.3 Å². The highest BCUT2D eigenvalue weighted by Gasteiger charge is 2.23. The molecule has 2 aromatic heterocycles. The number of anilines is 1. The van der Waals surface area contributed by atoms with Gasteiger partial charge in [0.2, 0.25) is 0 Å². The number of hydrogen-bond donors (Lipinski definition) is 2. The Morgan fingerprint density at radius 2 is 1.92 bits per heavy atom. The van der Waals surface area contributed by atoms with Crippen LogP contribution in [0, 0.1) is 11.8 Å². The molecule has 0 bridgehead atoms. The molecule has 1 aliphatic carbocycles. The van der Waals surface area contributed by atoms with Crippen molar-refractivity contribution in [2.75, 3.05) is 38.8 Å². The van der Waals surface area contributed by atoms with Crippen LogP contribution in [0.15, 0.2) is 24.4 Å². The van der Waals surface area contributed by atoms with Crippen molar-refractivity contribution in [1.82, 2.24) is 15.3 Å². The quantitative estimate of drug-likeness (QED) is 0.354. The maximum absolute atomic E-state index is 6.57. The van der Waals surface area contributed by atoms with Gasteiger partial charge in [-0.25, -0.2) is 4.98 Å². The summed E-state index contributed by atoms with van der Waals surface area (Å²) in [5.74, 6) is 1.94. The number of hydrogen-bond acceptors (Lipinski definition) is 6. The lowest BCUT2D eigenvalue weighted by molar-refractivity contribution is 0.0595. The Morgan fingerprint density at radius 3 is 2.64 bits per heavy atom. The molecule has 2 aliphatic rings. The van der Waals surface area contributed by atoms with Gasteiger partial charge in [0.05, 0.1) is 29.0 Å². The van der Waals surface area contributed by atoms with E-state index in [1.807, 2.05) is 12.1 Å². The third kappa shape index (κ3) is 8.29. The van der Waals surface area contributed by atoms with Crippen molar-refractivity contribution in [3.05, 3.63) is 40.1 Å². The molecule has 0 radical (unpaired) electrons. The average Bonchev–Trinajstić information content (AvgIpc) is 2.87. The second-order valence-corrected chi connectivity index (χ2v) is 10.9. The number of aromatic nitrogens is 2. The number of nitrogens with one attached hydrogen (secondary N) is 2. The fourth-order valence-electron chi connectivity index (χ4n) is 5.25. The number of pyridine rings is 2. The van der Waals surface area contributed by atoms with Crippen LogP contribution in [-0.4, -0.2) is 55.5 Å². The van der Waals surface area contributed by atoms with Crippen LogP contribution in [0.1, 0.15) is 58.6 Å². The summed E-state index contributed by atoms with van der Waals surface area (Å²) in [7, 11) is 1.75. The van der Waals surface area contributed by atoms with Gasteiger partial charge < -0.3 is 20.1 Å². The van der Waals surface area contributed by atoms with Crippen LogP contribution in [0.2, 0.25) is 10.0 Å². The van der Waals surface area contributed by atoms with Crippen LogP contribution in [0.3, 0.4) is 0 Å². The minimum absolute atomic E-state index is 0. The molecule has 2 N–H and O–H groups in total. The molecular formula is C28H42Cl2N4O2. The predicted octanol–water partition coefficient (Wildman–Crippen LogP) is 6.65. The third-order valence-electron chi connectivity index (χ3n) is 7.12. The van der Waals surface area contributed by atoms with Crippen LogP contribution in [0.4, 0.5) is 5.82 Å². The van der Waals surface area contributed by atoms with E-state index in [9.17, 15) is 0 Å². The van der Waals surface area contributed by atoms with Gasteiger partial charge in [0.1, 0.15) is 5.82 Å². The Balaban J connectivity index is 0.00000361. The molecule has 2 aromatic rings. The van der Waals surface area contributed by atoms with Crippen molar-refractivity contribution in [3.8, 4) is 11.3 Å². The number of nitrogens with zero attached hydrogens (tertiary/aromatic N) is 2. The Bertz CT molecular complexity index is 947. The fourth-order valence-corrected chi connectivity index (χ4v) is 5.65. The van der Waals surface area contributed by atoms with Crippen LogP contribution in [0.25, 0.3) is 11.3 Å². The molecule has 1 aliphatic heterocycles. The van der Waals surface area contributed by atoms with E-state index in [-0.39, 0.29) is 7.43 Å². The Labute approximate surface area is 226 Å². The van der Waals surface area contributed by atoms with E-state index < -0.39 is 0 Å². The van der Waals surface area contributed by atoms with Gasteiger partial charge in [0, 0.05) is 49.8 Å². The van der Waals surface area contributed by atoms with Crippen molar-refractivity contribution in [1.29, 1.82) is 0 Å². The molecule has 0 spiro atoms. The second kappa shape index (κ2) is 14.5. The molecule has 4 rings (SSSR count). The van der Waals surface area contributed by atoms with Crippen LogP contribution >= 0.6 is 23.2 Å². The first-order valence-corrected chi connectivity index (χ1v) is 13.6. The molecule has 6 nitrogen and oxygen atoms in total. The Kier molecular flexibility index (Phi) is 11.7. The van der Waals surface area contributed by atoms with Crippen molar-refractivity contribution >= 4 is 29.0 Å². The van der Waals surface area contributed by atoms with Crippen molar-refractivity contribution in [2.45, 2.75) is 71.4 Å². The molecule has 1 saturated carbocycles. The molecule has 8 heteroatoms. The summed E-state index contributed by atoms with van der Waals surface area (Å²) in [6, 6.07) is 6.84. The first-order chi connectivity index (χ1) is 17.0. The fraction of sp³-hybridized carbons (Fsp3) is 0.643. The van der Waals surface area contributed by atoms with Crippen LogP contribution in [-0.2, 0) is 15.9 Å². The second-order valence-electron chi connectivity index (χ2n) is 10.1. The highest BCUT2D eigenvalue weighted by atomic mass is 35.5. The smallest absolute Gasteiger partial charge is 0.126 e. The summed E-state index contributed by atoms with van der Waals surface area (Å²) in [5, 5.41) is 8.31. The summed E-state index contributed by atoms with van der Waals surface area (Å²) in [6.07, 6.45) is 9.74. The van der Waals surface area contributed by atoms with Gasteiger partial charge in [-0.2, -0.15) is 0 Å². The lowest BCUT2D eigenvalue weighted by Crippen LogP contribution is -2.41. The lowest BCUT2D eigenvalue weighted by atomic mass is 9.83. The SMILES string of the molecule is C.COC[C@@H](C)NC1CCC(Cc2cc(-c3nc(NC[C@H]4CCCOC4)ccc3Cl)c(Cl)cn2)CC1. The van der Waals surface area contributed by atoms with Gasteiger partial charge >= 0.3 is 0 Å². The van der Waals surface area contributed by atoms with E-state index in [4.69, 9.17) is 37.7 Å². The average molecular weight is 538 g/mol. The predicted molar refractivity (Wildman–Crippen MR) is 150 cm³/mol. The standard InChI is InChI=1S/C27H38Cl2N4O2.CH4/c1-18(16-34-2)32-21-7-5-19(6-8-21)12-22-13-23(25(29)15-30-22)27-24(28)9-10-26(33-27)31-14-20-4-3-11-35-17-20;/h9-10,13,15,18-21,32H,3-8,11-12,14,16-17H2,1-2H3,(H,31,33);1H4/t18-,19?,20-,21?;/m1./s1. The molecule has 1 saturated heterocycles. The summed E-state index contributed by atoms with van der Waals surface area (Å²) in [5.41, 5.74) is 2.59. The van der Waals surface area contributed by atoms with Gasteiger partial charge in [0.25, 0.3) is 0 Å². The van der Waals surface area contributed by atoms with Gasteiger partial charge in [-0.15, -0.1) is 0 Å². The number of halogens is 2. The molecule has 200 valence electrons. The molecule has 3 heterocycles. The first kappa shape index (κ1) is 29.1. The maximum Gasteiger partial charge on any atom is 0.126 e. The maximum atomic E-state index is 6.57. The first-order valence-electron chi connectivity index (χ1n) is 12.9. The number of ether oxygens (including phenoxy) is 2. The van der Waals surface area contributed by atoms with Crippen LogP contribution in [0.5, 0.6) is 0 Å². The van der Waals surface area contributed by atoms with E-state index in [2.05, 4.69) is 28.6 Å². The monoisotopic (exact) mass is 536 g/mol. The largest absolute Gasteiger partial charge is 0.383 e.